The fourth-order valence-corrected chi connectivity index (χ4v) is 3.46. The highest BCUT2D eigenvalue weighted by Crippen LogP contribution is 2.26. The molecule has 1 unspecified atom stereocenters. The molecule has 1 fully saturated rings. The zero-order valence-electron chi connectivity index (χ0n) is 10.8. The van der Waals surface area contributed by atoms with Gasteiger partial charge in [-0.2, -0.15) is 11.8 Å². The molecule has 2 N–H and O–H groups in total. The second-order valence-corrected chi connectivity index (χ2v) is 6.03. The molecule has 4 heteroatoms. The lowest BCUT2D eigenvalue weighted by molar-refractivity contribution is 0.373. The number of methoxy groups -OCH3 is 1. The van der Waals surface area contributed by atoms with Crippen molar-refractivity contribution in [1.29, 1.82) is 0 Å². The van der Waals surface area contributed by atoms with E-state index in [-0.39, 0.29) is 5.75 Å². The molecule has 1 aliphatic rings. The summed E-state index contributed by atoms with van der Waals surface area (Å²) in [5, 5.41) is 13.9. The van der Waals surface area contributed by atoms with Gasteiger partial charge in [-0.3, -0.25) is 0 Å². The number of benzene rings is 1. The Labute approximate surface area is 113 Å². The van der Waals surface area contributed by atoms with E-state index in [0.717, 1.165) is 23.9 Å². The summed E-state index contributed by atoms with van der Waals surface area (Å²) >= 11 is 2.08. The third-order valence-electron chi connectivity index (χ3n) is 3.22. The fraction of sp³-hybridized carbons (Fsp3) is 0.571. The van der Waals surface area contributed by atoms with Gasteiger partial charge in [0.1, 0.15) is 0 Å². The molecule has 0 bridgehead atoms. The Morgan fingerprint density at radius 2 is 2.33 bits per heavy atom. The van der Waals surface area contributed by atoms with E-state index >= 15 is 0 Å². The minimum atomic E-state index is 0.212. The van der Waals surface area contributed by atoms with Gasteiger partial charge in [-0.05, 0) is 36.3 Å². The topological polar surface area (TPSA) is 41.5 Å². The predicted molar refractivity (Wildman–Crippen MR) is 76.5 cm³/mol. The molecular weight excluding hydrogens is 246 g/mol. The molecule has 100 valence electrons. The number of thioether (sulfide) groups is 1. The maximum atomic E-state index is 9.68. The number of phenols is 1. The number of ether oxygens (including phenoxy) is 1. The van der Waals surface area contributed by atoms with Crippen LogP contribution in [0.2, 0.25) is 0 Å². The summed E-state index contributed by atoms with van der Waals surface area (Å²) in [6.07, 6.45) is 4.06. The zero-order valence-corrected chi connectivity index (χ0v) is 11.6. The number of rotatable bonds is 5. The van der Waals surface area contributed by atoms with Crippen molar-refractivity contribution >= 4 is 11.8 Å². The Hall–Kier alpha value is -0.870. The zero-order chi connectivity index (χ0) is 12.8. The summed E-state index contributed by atoms with van der Waals surface area (Å²) in [6, 6.07) is 5.56. The summed E-state index contributed by atoms with van der Waals surface area (Å²) < 4.78 is 5.03. The summed E-state index contributed by atoms with van der Waals surface area (Å²) in [4.78, 5) is 0. The highest BCUT2D eigenvalue weighted by Gasteiger charge is 2.13. The molecule has 0 aliphatic carbocycles. The molecule has 2 rings (SSSR count). The molecule has 3 nitrogen and oxygen atoms in total. The first-order valence-corrected chi connectivity index (χ1v) is 7.52. The molecule has 0 radical (unpaired) electrons. The number of nitrogens with one attached hydrogen (secondary N) is 1. The number of aromatic hydroxyl groups is 1. The molecule has 1 atom stereocenters. The molecule has 1 aromatic carbocycles. The Kier molecular flexibility index (Phi) is 5.20. The van der Waals surface area contributed by atoms with Crippen LogP contribution in [0.15, 0.2) is 18.2 Å². The smallest absolute Gasteiger partial charge is 0.160 e. The monoisotopic (exact) mass is 267 g/mol. The van der Waals surface area contributed by atoms with E-state index in [1.54, 1.807) is 13.2 Å². The van der Waals surface area contributed by atoms with E-state index in [1.807, 2.05) is 12.1 Å². The Morgan fingerprint density at radius 1 is 1.44 bits per heavy atom. The predicted octanol–water partition coefficient (Wildman–Crippen LogP) is 2.78. The highest BCUT2D eigenvalue weighted by atomic mass is 32.2. The second kappa shape index (κ2) is 6.90. The van der Waals surface area contributed by atoms with Crippen molar-refractivity contribution in [3.8, 4) is 11.5 Å². The van der Waals surface area contributed by atoms with Crippen LogP contribution in [0.1, 0.15) is 24.8 Å². The van der Waals surface area contributed by atoms with Gasteiger partial charge < -0.3 is 15.2 Å². The molecule has 1 heterocycles. The average molecular weight is 267 g/mol. The summed E-state index contributed by atoms with van der Waals surface area (Å²) in [5.74, 6) is 2.04. The van der Waals surface area contributed by atoms with Crippen LogP contribution in [0.5, 0.6) is 11.5 Å². The van der Waals surface area contributed by atoms with Crippen LogP contribution in [-0.2, 0) is 6.54 Å². The van der Waals surface area contributed by atoms with E-state index in [2.05, 4.69) is 17.1 Å². The summed E-state index contributed by atoms with van der Waals surface area (Å²) in [6.45, 7) is 1.85. The van der Waals surface area contributed by atoms with Crippen LogP contribution >= 0.6 is 11.8 Å². The van der Waals surface area contributed by atoms with Gasteiger partial charge in [0.15, 0.2) is 11.5 Å². The van der Waals surface area contributed by atoms with Crippen molar-refractivity contribution < 1.29 is 9.84 Å². The van der Waals surface area contributed by atoms with Crippen molar-refractivity contribution in [3.05, 3.63) is 23.8 Å². The fourth-order valence-electron chi connectivity index (χ4n) is 2.19. The van der Waals surface area contributed by atoms with Gasteiger partial charge in [0.25, 0.3) is 0 Å². The lowest BCUT2D eigenvalue weighted by Crippen LogP contribution is -2.26. The molecule has 1 aromatic rings. The van der Waals surface area contributed by atoms with Crippen LogP contribution < -0.4 is 10.1 Å². The maximum Gasteiger partial charge on any atom is 0.160 e. The molecular formula is C14H21NO2S. The van der Waals surface area contributed by atoms with E-state index in [4.69, 9.17) is 4.74 Å². The first-order chi connectivity index (χ1) is 8.79. The van der Waals surface area contributed by atoms with Gasteiger partial charge in [-0.25, -0.2) is 0 Å². The molecule has 0 saturated carbocycles. The van der Waals surface area contributed by atoms with Crippen LogP contribution in [0.4, 0.5) is 0 Å². The quantitative estimate of drug-likeness (QED) is 0.861. The maximum absolute atomic E-state index is 9.68. The van der Waals surface area contributed by atoms with Gasteiger partial charge in [0, 0.05) is 18.3 Å². The molecule has 18 heavy (non-hydrogen) atoms. The summed E-state index contributed by atoms with van der Waals surface area (Å²) in [5.41, 5.74) is 1.09. The van der Waals surface area contributed by atoms with Crippen LogP contribution in [0.3, 0.4) is 0 Å². The highest BCUT2D eigenvalue weighted by molar-refractivity contribution is 7.99. The molecule has 0 aromatic heterocycles. The van der Waals surface area contributed by atoms with E-state index in [0.29, 0.717) is 5.75 Å². The van der Waals surface area contributed by atoms with Gasteiger partial charge in [0.2, 0.25) is 0 Å². The standard InChI is InChI=1S/C14H21NO2S/c1-17-14-6-5-11(8-13(14)16)9-15-10-12-4-2-3-7-18-12/h5-6,8,12,15-16H,2-4,7,9-10H2,1H3. The van der Waals surface area contributed by atoms with Crippen LogP contribution in [0.25, 0.3) is 0 Å². The third-order valence-corrected chi connectivity index (χ3v) is 4.62. The third kappa shape index (κ3) is 3.82. The van der Waals surface area contributed by atoms with Crippen molar-refractivity contribution in [1.82, 2.24) is 5.32 Å². The van der Waals surface area contributed by atoms with Crippen molar-refractivity contribution in [2.75, 3.05) is 19.4 Å². The average Bonchev–Trinajstić information content (AvgIpc) is 2.40. The van der Waals surface area contributed by atoms with Gasteiger partial charge >= 0.3 is 0 Å². The molecule has 0 amide bonds. The first kappa shape index (κ1) is 13.6. The van der Waals surface area contributed by atoms with Crippen molar-refractivity contribution in [3.63, 3.8) is 0 Å². The summed E-state index contributed by atoms with van der Waals surface area (Å²) in [7, 11) is 1.56. The lowest BCUT2D eigenvalue weighted by Gasteiger charge is -2.21. The van der Waals surface area contributed by atoms with E-state index < -0.39 is 0 Å². The number of hydrogen-bond donors (Lipinski definition) is 2. The Bertz CT molecular complexity index is 378. The minimum Gasteiger partial charge on any atom is -0.504 e. The van der Waals surface area contributed by atoms with E-state index in [1.165, 1.54) is 25.0 Å². The van der Waals surface area contributed by atoms with Crippen molar-refractivity contribution in [2.24, 2.45) is 0 Å². The van der Waals surface area contributed by atoms with Gasteiger partial charge in [-0.1, -0.05) is 12.5 Å². The number of phenolic OH excluding ortho intramolecular Hbond substituents is 1. The largest absolute Gasteiger partial charge is 0.504 e. The normalized spacial score (nSPS) is 19.7. The van der Waals surface area contributed by atoms with Crippen LogP contribution in [0, 0.1) is 0 Å². The first-order valence-electron chi connectivity index (χ1n) is 6.48. The molecule has 0 spiro atoms. The van der Waals surface area contributed by atoms with E-state index in [9.17, 15) is 5.11 Å². The van der Waals surface area contributed by atoms with Crippen LogP contribution in [-0.4, -0.2) is 29.8 Å². The SMILES string of the molecule is COc1ccc(CNCC2CCCCS2)cc1O. The molecule has 1 saturated heterocycles. The van der Waals surface area contributed by atoms with Gasteiger partial charge in [0.05, 0.1) is 7.11 Å². The van der Waals surface area contributed by atoms with Gasteiger partial charge in [-0.15, -0.1) is 0 Å². The van der Waals surface area contributed by atoms with Crippen molar-refractivity contribution in [2.45, 2.75) is 31.1 Å². The Balaban J connectivity index is 1.77. The Morgan fingerprint density at radius 3 is 3.00 bits per heavy atom. The minimum absolute atomic E-state index is 0.212. The second-order valence-electron chi connectivity index (χ2n) is 4.63. The molecule has 1 aliphatic heterocycles. The lowest BCUT2D eigenvalue weighted by atomic mass is 10.1. The number of hydrogen-bond acceptors (Lipinski definition) is 4.